The van der Waals surface area contributed by atoms with Crippen molar-refractivity contribution in [2.24, 2.45) is 5.73 Å². The van der Waals surface area contributed by atoms with Crippen molar-refractivity contribution < 1.29 is 4.79 Å². The third kappa shape index (κ3) is 3.96. The molecule has 0 bridgehead atoms. The molecule has 7 nitrogen and oxygen atoms in total. The standard InChI is InChI=1S/C17H24N6OS/c1-10-9-19-16(25-10)22-14-8-12(20-11(2)21-14)13-6-5-7-23(13)15(24)17(3,4)18/h8-9,13H,5-7,18H2,1-4H3,(H,19,20,21,22). The molecule has 1 atom stereocenters. The van der Waals surface area contributed by atoms with Crippen molar-refractivity contribution in [2.75, 3.05) is 11.9 Å². The monoisotopic (exact) mass is 360 g/mol. The second kappa shape index (κ2) is 6.68. The molecule has 1 aliphatic heterocycles. The molecule has 2 aromatic heterocycles. The van der Waals surface area contributed by atoms with E-state index in [2.05, 4.69) is 20.3 Å². The quantitative estimate of drug-likeness (QED) is 0.870. The predicted octanol–water partition coefficient (Wildman–Crippen LogP) is 2.69. The van der Waals surface area contributed by atoms with Crippen LogP contribution >= 0.6 is 11.3 Å². The summed E-state index contributed by atoms with van der Waals surface area (Å²) in [6, 6.07) is 1.85. The van der Waals surface area contributed by atoms with E-state index in [1.165, 1.54) is 0 Å². The lowest BCUT2D eigenvalue weighted by Crippen LogP contribution is -2.50. The van der Waals surface area contributed by atoms with Gasteiger partial charge >= 0.3 is 0 Å². The highest BCUT2D eigenvalue weighted by Crippen LogP contribution is 2.33. The number of rotatable bonds is 4. The van der Waals surface area contributed by atoms with Crippen LogP contribution in [0.25, 0.3) is 0 Å². The average Bonchev–Trinajstić information content (AvgIpc) is 3.14. The highest BCUT2D eigenvalue weighted by atomic mass is 32.1. The van der Waals surface area contributed by atoms with Gasteiger partial charge in [-0.2, -0.15) is 0 Å². The fraction of sp³-hybridized carbons (Fsp3) is 0.529. The Balaban J connectivity index is 1.87. The normalized spacial score (nSPS) is 17.8. The van der Waals surface area contributed by atoms with E-state index >= 15 is 0 Å². The third-order valence-electron chi connectivity index (χ3n) is 4.12. The van der Waals surface area contributed by atoms with Gasteiger partial charge in [0.2, 0.25) is 5.91 Å². The van der Waals surface area contributed by atoms with Gasteiger partial charge in [-0.3, -0.25) is 4.79 Å². The van der Waals surface area contributed by atoms with Gasteiger partial charge in [-0.25, -0.2) is 15.0 Å². The van der Waals surface area contributed by atoms with Crippen LogP contribution in [-0.4, -0.2) is 37.8 Å². The molecule has 134 valence electrons. The molecule has 0 spiro atoms. The molecule has 1 unspecified atom stereocenters. The molecule has 2 aromatic rings. The van der Waals surface area contributed by atoms with Crippen LogP contribution in [0.1, 0.15) is 49.1 Å². The van der Waals surface area contributed by atoms with E-state index in [0.29, 0.717) is 18.2 Å². The van der Waals surface area contributed by atoms with Gasteiger partial charge in [-0.1, -0.05) is 0 Å². The van der Waals surface area contributed by atoms with E-state index in [1.807, 2.05) is 31.0 Å². The molecule has 3 heterocycles. The zero-order chi connectivity index (χ0) is 18.2. The lowest BCUT2D eigenvalue weighted by Gasteiger charge is -2.30. The number of nitrogens with two attached hydrogens (primary N) is 1. The number of thiazole rings is 1. The fourth-order valence-electron chi connectivity index (χ4n) is 3.04. The topological polar surface area (TPSA) is 97.0 Å². The number of hydrogen-bond donors (Lipinski definition) is 2. The van der Waals surface area contributed by atoms with Crippen LogP contribution in [0, 0.1) is 13.8 Å². The Bertz CT molecular complexity index is 782. The first-order valence-corrected chi connectivity index (χ1v) is 9.20. The first-order chi connectivity index (χ1) is 11.7. The Morgan fingerprint density at radius 3 is 2.80 bits per heavy atom. The lowest BCUT2D eigenvalue weighted by molar-refractivity contribution is -0.136. The molecular weight excluding hydrogens is 336 g/mol. The van der Waals surface area contributed by atoms with E-state index in [0.717, 1.165) is 28.5 Å². The van der Waals surface area contributed by atoms with Crippen molar-refractivity contribution in [1.29, 1.82) is 0 Å². The molecule has 0 saturated carbocycles. The minimum Gasteiger partial charge on any atom is -0.333 e. The van der Waals surface area contributed by atoms with E-state index in [1.54, 1.807) is 25.2 Å². The number of aromatic nitrogens is 3. The van der Waals surface area contributed by atoms with Crippen LogP contribution in [0.2, 0.25) is 0 Å². The molecule has 1 saturated heterocycles. The van der Waals surface area contributed by atoms with Crippen molar-refractivity contribution in [3.63, 3.8) is 0 Å². The van der Waals surface area contributed by atoms with Crippen LogP contribution in [-0.2, 0) is 4.79 Å². The third-order valence-corrected chi connectivity index (χ3v) is 4.95. The van der Waals surface area contributed by atoms with Crippen molar-refractivity contribution in [1.82, 2.24) is 19.9 Å². The maximum absolute atomic E-state index is 12.6. The lowest BCUT2D eigenvalue weighted by atomic mass is 10.0. The number of amides is 1. The number of likely N-dealkylation sites (tertiary alicyclic amines) is 1. The number of hydrogen-bond acceptors (Lipinski definition) is 7. The molecular formula is C17H24N6OS. The van der Waals surface area contributed by atoms with Crippen LogP contribution in [0.4, 0.5) is 10.9 Å². The van der Waals surface area contributed by atoms with Gasteiger partial charge in [-0.15, -0.1) is 11.3 Å². The summed E-state index contributed by atoms with van der Waals surface area (Å²) in [5.74, 6) is 1.32. The first-order valence-electron chi connectivity index (χ1n) is 8.39. The minimum atomic E-state index is -0.885. The largest absolute Gasteiger partial charge is 0.333 e. The Hall–Kier alpha value is -2.06. The van der Waals surface area contributed by atoms with Gasteiger partial charge in [0, 0.05) is 23.7 Å². The molecule has 3 rings (SSSR count). The second-order valence-corrected chi connectivity index (χ2v) is 8.24. The van der Waals surface area contributed by atoms with Crippen molar-refractivity contribution in [2.45, 2.75) is 52.1 Å². The van der Waals surface area contributed by atoms with Crippen LogP contribution < -0.4 is 11.1 Å². The Kier molecular flexibility index (Phi) is 4.75. The number of anilines is 2. The molecule has 0 aromatic carbocycles. The smallest absolute Gasteiger partial charge is 0.242 e. The van der Waals surface area contributed by atoms with Gasteiger partial charge in [0.25, 0.3) is 0 Å². The van der Waals surface area contributed by atoms with Crippen molar-refractivity contribution in [3.05, 3.63) is 28.7 Å². The summed E-state index contributed by atoms with van der Waals surface area (Å²) in [7, 11) is 0. The van der Waals surface area contributed by atoms with E-state index < -0.39 is 5.54 Å². The summed E-state index contributed by atoms with van der Waals surface area (Å²) in [5.41, 5.74) is 5.98. The van der Waals surface area contributed by atoms with E-state index in [-0.39, 0.29) is 11.9 Å². The Morgan fingerprint density at radius 1 is 1.40 bits per heavy atom. The molecule has 1 aliphatic rings. The Labute approximate surface area is 151 Å². The first kappa shape index (κ1) is 17.8. The van der Waals surface area contributed by atoms with Gasteiger partial charge in [-0.05, 0) is 40.5 Å². The van der Waals surface area contributed by atoms with Gasteiger partial charge < -0.3 is 16.0 Å². The van der Waals surface area contributed by atoms with E-state index in [4.69, 9.17) is 5.73 Å². The molecule has 3 N–H and O–H groups in total. The van der Waals surface area contributed by atoms with Crippen molar-refractivity contribution >= 4 is 28.2 Å². The molecule has 8 heteroatoms. The zero-order valence-electron chi connectivity index (χ0n) is 15.0. The highest BCUT2D eigenvalue weighted by molar-refractivity contribution is 7.15. The van der Waals surface area contributed by atoms with Crippen LogP contribution in [0.15, 0.2) is 12.3 Å². The second-order valence-electron chi connectivity index (χ2n) is 7.00. The average molecular weight is 360 g/mol. The summed E-state index contributed by atoms with van der Waals surface area (Å²) >= 11 is 1.57. The Morgan fingerprint density at radius 2 is 2.16 bits per heavy atom. The summed E-state index contributed by atoms with van der Waals surface area (Å²) < 4.78 is 0. The predicted molar refractivity (Wildman–Crippen MR) is 98.9 cm³/mol. The van der Waals surface area contributed by atoms with Crippen molar-refractivity contribution in [3.8, 4) is 0 Å². The van der Waals surface area contributed by atoms with Gasteiger partial charge in [0.15, 0.2) is 5.13 Å². The summed E-state index contributed by atoms with van der Waals surface area (Å²) in [4.78, 5) is 29.0. The maximum atomic E-state index is 12.6. The van der Waals surface area contributed by atoms with Crippen LogP contribution in [0.3, 0.4) is 0 Å². The minimum absolute atomic E-state index is 0.0451. The fourth-order valence-corrected chi connectivity index (χ4v) is 3.71. The maximum Gasteiger partial charge on any atom is 0.242 e. The summed E-state index contributed by atoms with van der Waals surface area (Å²) in [6.45, 7) is 8.06. The molecule has 25 heavy (non-hydrogen) atoms. The number of aryl methyl sites for hydroxylation is 2. The molecule has 1 amide bonds. The highest BCUT2D eigenvalue weighted by Gasteiger charge is 2.37. The number of nitrogens with zero attached hydrogens (tertiary/aromatic N) is 4. The van der Waals surface area contributed by atoms with Crippen LogP contribution in [0.5, 0.6) is 0 Å². The van der Waals surface area contributed by atoms with Gasteiger partial charge in [0.1, 0.15) is 11.6 Å². The number of carbonyl (C=O) groups is 1. The SMILES string of the molecule is Cc1nc(Nc2ncc(C)s2)cc(C2CCCN2C(=O)C(C)(C)N)n1. The molecule has 0 radical (unpaired) electrons. The zero-order valence-corrected chi connectivity index (χ0v) is 15.9. The van der Waals surface area contributed by atoms with Gasteiger partial charge in [0.05, 0.1) is 17.3 Å². The van der Waals surface area contributed by atoms with E-state index in [9.17, 15) is 4.79 Å². The number of nitrogens with one attached hydrogen (secondary N) is 1. The molecule has 0 aliphatic carbocycles. The summed E-state index contributed by atoms with van der Waals surface area (Å²) in [6.07, 6.45) is 3.65. The number of carbonyl (C=O) groups excluding carboxylic acids is 1. The molecule has 1 fully saturated rings. The summed E-state index contributed by atoms with van der Waals surface area (Å²) in [5, 5.41) is 4.03.